The summed E-state index contributed by atoms with van der Waals surface area (Å²) in [7, 11) is 0. The fourth-order valence-electron chi connectivity index (χ4n) is 0.421. The zero-order valence-corrected chi connectivity index (χ0v) is 5.28. The summed E-state index contributed by atoms with van der Waals surface area (Å²) in [5.74, 6) is 0. The van der Waals surface area contributed by atoms with Gasteiger partial charge in [-0.15, -0.1) is 0 Å². The minimum absolute atomic E-state index is 1.45. The van der Waals surface area contributed by atoms with Gasteiger partial charge in [-0.3, -0.25) is 0 Å². The molecule has 0 aromatic heterocycles. The summed E-state index contributed by atoms with van der Waals surface area (Å²) in [6, 6.07) is 0. The molecule has 6 heteroatoms. The van der Waals surface area contributed by atoms with E-state index in [0.29, 0.717) is 0 Å². The summed E-state index contributed by atoms with van der Waals surface area (Å²) >= 11 is 0. The Morgan fingerprint density at radius 3 is 1.09 bits per heavy atom. The maximum Gasteiger partial charge on any atom is 0.269 e. The van der Waals surface area contributed by atoms with Gasteiger partial charge >= 0.3 is 0 Å². The van der Waals surface area contributed by atoms with Gasteiger partial charge in [-0.25, -0.2) is 26.3 Å². The van der Waals surface area contributed by atoms with Crippen molar-refractivity contribution in [3.05, 3.63) is 0 Å². The van der Waals surface area contributed by atoms with Gasteiger partial charge in [-0.05, 0) is 0 Å². The zero-order chi connectivity index (χ0) is 9.02. The first-order valence-electron chi connectivity index (χ1n) is 2.79. The molecular formula is C5H6F6. The number of hydrogen-bond acceptors (Lipinski definition) is 0. The predicted molar refractivity (Wildman–Crippen MR) is 26.4 cm³/mol. The fraction of sp³-hybridized carbons (Fsp3) is 1.00. The van der Waals surface area contributed by atoms with Gasteiger partial charge < -0.3 is 0 Å². The fourth-order valence-corrected chi connectivity index (χ4v) is 0.421. The topological polar surface area (TPSA) is 0 Å². The van der Waals surface area contributed by atoms with Crippen molar-refractivity contribution in [1.82, 2.24) is 0 Å². The molecule has 0 nitrogen and oxygen atoms in total. The molecule has 0 fully saturated rings. The molecule has 0 aliphatic rings. The van der Waals surface area contributed by atoms with Crippen LogP contribution in [0.1, 0.15) is 6.42 Å². The molecule has 0 amide bonds. The highest BCUT2D eigenvalue weighted by molar-refractivity contribution is 4.67. The predicted octanol–water partition coefficient (Wildman–Crippen LogP) is 2.58. The largest absolute Gasteiger partial charge is 0.269 e. The molecule has 68 valence electrons. The number of hydrogen-bond donors (Lipinski definition) is 0. The Labute approximate surface area is 59.2 Å². The quantitative estimate of drug-likeness (QED) is 0.583. The molecule has 0 radical (unpaired) electrons. The first-order chi connectivity index (χ1) is 4.95. The second-order valence-corrected chi connectivity index (χ2v) is 1.94. The summed E-state index contributed by atoms with van der Waals surface area (Å²) in [6.45, 7) is 0. The van der Waals surface area contributed by atoms with Gasteiger partial charge in [-0.2, -0.15) is 0 Å². The number of alkyl halides is 6. The van der Waals surface area contributed by atoms with Crippen molar-refractivity contribution in [2.24, 2.45) is 0 Å². The van der Waals surface area contributed by atoms with Crippen LogP contribution in [0.5, 0.6) is 0 Å². The lowest BCUT2D eigenvalue weighted by molar-refractivity contribution is -0.00892. The summed E-state index contributed by atoms with van der Waals surface area (Å²) < 4.78 is 68.7. The van der Waals surface area contributed by atoms with E-state index in [2.05, 4.69) is 0 Å². The van der Waals surface area contributed by atoms with E-state index < -0.39 is 31.6 Å². The molecule has 0 aliphatic heterocycles. The average molecular weight is 180 g/mol. The highest BCUT2D eigenvalue weighted by Gasteiger charge is 2.28. The van der Waals surface area contributed by atoms with Gasteiger partial charge in [0.05, 0.1) is 0 Å². The number of halogens is 6. The van der Waals surface area contributed by atoms with E-state index in [1.807, 2.05) is 0 Å². The van der Waals surface area contributed by atoms with Crippen LogP contribution in [0, 0.1) is 0 Å². The zero-order valence-electron chi connectivity index (χ0n) is 5.28. The molecular weight excluding hydrogens is 174 g/mol. The monoisotopic (exact) mass is 180 g/mol. The third-order valence-corrected chi connectivity index (χ3v) is 0.997. The van der Waals surface area contributed by atoms with Crippen molar-refractivity contribution in [3.63, 3.8) is 0 Å². The highest BCUT2D eigenvalue weighted by Crippen LogP contribution is 2.18. The Balaban J connectivity index is 3.66. The van der Waals surface area contributed by atoms with Gasteiger partial charge in [0.1, 0.15) is 0 Å². The van der Waals surface area contributed by atoms with Crippen LogP contribution in [-0.4, -0.2) is 25.2 Å². The van der Waals surface area contributed by atoms with Crippen LogP contribution in [0.2, 0.25) is 0 Å². The van der Waals surface area contributed by atoms with Crippen LogP contribution in [-0.2, 0) is 0 Å². The van der Waals surface area contributed by atoms with Crippen LogP contribution in [0.4, 0.5) is 26.3 Å². The minimum atomic E-state index is -3.40. The Hall–Kier alpha value is -0.420. The van der Waals surface area contributed by atoms with Gasteiger partial charge in [0.15, 0.2) is 12.3 Å². The molecule has 0 rings (SSSR count). The molecule has 0 spiro atoms. The van der Waals surface area contributed by atoms with Crippen molar-refractivity contribution in [2.75, 3.05) is 0 Å². The van der Waals surface area contributed by atoms with Crippen molar-refractivity contribution in [1.29, 1.82) is 0 Å². The van der Waals surface area contributed by atoms with Crippen LogP contribution in [0.15, 0.2) is 0 Å². The lowest BCUT2D eigenvalue weighted by Crippen LogP contribution is -2.22. The van der Waals surface area contributed by atoms with E-state index in [0.717, 1.165) is 0 Å². The van der Waals surface area contributed by atoms with Crippen LogP contribution in [0.3, 0.4) is 0 Å². The summed E-state index contributed by atoms with van der Waals surface area (Å²) in [5.41, 5.74) is 0. The lowest BCUT2D eigenvalue weighted by Gasteiger charge is -2.09. The molecule has 0 saturated heterocycles. The van der Waals surface area contributed by atoms with E-state index >= 15 is 0 Å². The van der Waals surface area contributed by atoms with E-state index in [4.69, 9.17) is 0 Å². The van der Waals surface area contributed by atoms with E-state index in [9.17, 15) is 26.3 Å². The van der Waals surface area contributed by atoms with Crippen molar-refractivity contribution in [2.45, 2.75) is 31.6 Å². The third-order valence-electron chi connectivity index (χ3n) is 0.997. The molecule has 2 unspecified atom stereocenters. The third kappa shape index (κ3) is 4.10. The van der Waals surface area contributed by atoms with E-state index in [1.165, 1.54) is 0 Å². The normalized spacial score (nSPS) is 17.5. The second kappa shape index (κ2) is 4.46. The Morgan fingerprint density at radius 1 is 0.636 bits per heavy atom. The number of rotatable bonds is 4. The molecule has 2 atom stereocenters. The Bertz CT molecular complexity index is 91.1. The van der Waals surface area contributed by atoms with Crippen LogP contribution >= 0.6 is 0 Å². The first kappa shape index (κ1) is 10.6. The van der Waals surface area contributed by atoms with E-state index in [1.54, 1.807) is 0 Å². The standard InChI is InChI=1S/C5H6F6/c6-2(4(8)9)1-3(7)5(10)11/h2-5H,1H2. The highest BCUT2D eigenvalue weighted by atomic mass is 19.3. The van der Waals surface area contributed by atoms with Gasteiger partial charge in [0.2, 0.25) is 0 Å². The van der Waals surface area contributed by atoms with Crippen molar-refractivity contribution in [3.8, 4) is 0 Å². The van der Waals surface area contributed by atoms with Gasteiger partial charge in [0, 0.05) is 6.42 Å². The lowest BCUT2D eigenvalue weighted by atomic mass is 10.2. The first-order valence-corrected chi connectivity index (χ1v) is 2.79. The molecule has 0 aliphatic carbocycles. The average Bonchev–Trinajstić information content (AvgIpc) is 1.87. The molecule has 0 heterocycles. The van der Waals surface area contributed by atoms with Crippen LogP contribution in [0.25, 0.3) is 0 Å². The Kier molecular flexibility index (Phi) is 4.29. The van der Waals surface area contributed by atoms with Crippen molar-refractivity contribution >= 4 is 0 Å². The molecule has 0 N–H and O–H groups in total. The SMILES string of the molecule is FC(F)C(F)CC(F)C(F)F. The summed E-state index contributed by atoms with van der Waals surface area (Å²) in [5, 5.41) is 0. The smallest absolute Gasteiger partial charge is 0.241 e. The van der Waals surface area contributed by atoms with E-state index in [-0.39, 0.29) is 0 Å². The summed E-state index contributed by atoms with van der Waals surface area (Å²) in [4.78, 5) is 0. The molecule has 0 aromatic rings. The van der Waals surface area contributed by atoms with Gasteiger partial charge in [-0.1, -0.05) is 0 Å². The molecule has 0 bridgehead atoms. The summed E-state index contributed by atoms with van der Waals surface area (Å²) in [6.07, 6.45) is -13.9. The maximum atomic E-state index is 11.8. The minimum Gasteiger partial charge on any atom is -0.241 e. The maximum absolute atomic E-state index is 11.8. The second-order valence-electron chi connectivity index (χ2n) is 1.94. The van der Waals surface area contributed by atoms with Gasteiger partial charge in [0.25, 0.3) is 12.9 Å². The van der Waals surface area contributed by atoms with Crippen molar-refractivity contribution < 1.29 is 26.3 Å². The van der Waals surface area contributed by atoms with Crippen LogP contribution < -0.4 is 0 Å². The molecule has 0 aromatic carbocycles. The Morgan fingerprint density at radius 2 is 0.909 bits per heavy atom. The molecule has 11 heavy (non-hydrogen) atoms. The molecule has 0 saturated carbocycles.